The first kappa shape index (κ1) is 15.0. The van der Waals surface area contributed by atoms with E-state index in [1.807, 2.05) is 0 Å². The number of hydrogen-bond acceptors (Lipinski definition) is 2. The van der Waals surface area contributed by atoms with Gasteiger partial charge in [-0.3, -0.25) is 11.3 Å². The van der Waals surface area contributed by atoms with Crippen LogP contribution in [0.15, 0.2) is 0 Å². The maximum Gasteiger partial charge on any atom is 0.0241 e. The van der Waals surface area contributed by atoms with E-state index in [4.69, 9.17) is 5.84 Å². The Morgan fingerprint density at radius 1 is 1.12 bits per heavy atom. The Balaban J connectivity index is 2.10. The molecule has 1 saturated carbocycles. The molecule has 0 bridgehead atoms. The van der Waals surface area contributed by atoms with Crippen LogP contribution in [0.5, 0.6) is 0 Å². The topological polar surface area (TPSA) is 38.0 Å². The molecule has 2 heteroatoms. The highest BCUT2D eigenvalue weighted by Crippen LogP contribution is 2.34. The van der Waals surface area contributed by atoms with E-state index >= 15 is 0 Å². The van der Waals surface area contributed by atoms with Crippen LogP contribution in [0.3, 0.4) is 0 Å². The van der Waals surface area contributed by atoms with Crippen molar-refractivity contribution >= 4 is 0 Å². The SMILES string of the molecule is CCCCCCCCC(NN)C1CCCC1C. The third-order valence-electron chi connectivity index (χ3n) is 4.53. The van der Waals surface area contributed by atoms with E-state index in [9.17, 15) is 0 Å². The van der Waals surface area contributed by atoms with Gasteiger partial charge in [0.15, 0.2) is 0 Å². The summed E-state index contributed by atoms with van der Waals surface area (Å²) in [7, 11) is 0. The molecule has 0 aromatic rings. The zero-order valence-corrected chi connectivity index (χ0v) is 11.9. The first-order valence-corrected chi connectivity index (χ1v) is 7.75. The van der Waals surface area contributed by atoms with E-state index in [0.29, 0.717) is 6.04 Å². The summed E-state index contributed by atoms with van der Waals surface area (Å²) in [6.45, 7) is 4.67. The predicted molar refractivity (Wildman–Crippen MR) is 75.6 cm³/mol. The lowest BCUT2D eigenvalue weighted by molar-refractivity contribution is 0.279. The predicted octanol–water partition coefficient (Wildman–Crippen LogP) is 4.01. The fourth-order valence-corrected chi connectivity index (χ4v) is 3.34. The molecule has 0 aromatic carbocycles. The third-order valence-corrected chi connectivity index (χ3v) is 4.53. The van der Waals surface area contributed by atoms with Gasteiger partial charge in [0, 0.05) is 6.04 Å². The molecule has 0 heterocycles. The lowest BCUT2D eigenvalue weighted by Crippen LogP contribution is -2.41. The van der Waals surface area contributed by atoms with Crippen LogP contribution in [-0.4, -0.2) is 6.04 Å². The van der Waals surface area contributed by atoms with Crippen molar-refractivity contribution in [2.75, 3.05) is 0 Å². The Morgan fingerprint density at radius 2 is 1.82 bits per heavy atom. The molecule has 0 aliphatic heterocycles. The highest BCUT2D eigenvalue weighted by molar-refractivity contribution is 4.83. The summed E-state index contributed by atoms with van der Waals surface area (Å²) in [5, 5.41) is 0. The molecule has 1 fully saturated rings. The van der Waals surface area contributed by atoms with Crippen LogP contribution in [0.4, 0.5) is 0 Å². The molecule has 3 unspecified atom stereocenters. The molecular formula is C15H32N2. The molecule has 102 valence electrons. The van der Waals surface area contributed by atoms with Crippen LogP contribution in [0.1, 0.15) is 78.1 Å². The summed E-state index contributed by atoms with van der Waals surface area (Å²) in [5.74, 6) is 7.43. The van der Waals surface area contributed by atoms with E-state index in [1.54, 1.807) is 0 Å². The molecule has 1 aliphatic carbocycles. The molecule has 17 heavy (non-hydrogen) atoms. The third kappa shape index (κ3) is 5.39. The summed E-state index contributed by atoms with van der Waals surface area (Å²) in [6.07, 6.45) is 13.8. The second kappa shape index (κ2) is 8.93. The highest BCUT2D eigenvalue weighted by atomic mass is 15.2. The largest absolute Gasteiger partial charge is 0.271 e. The monoisotopic (exact) mass is 240 g/mol. The minimum Gasteiger partial charge on any atom is -0.271 e. The van der Waals surface area contributed by atoms with Crippen LogP contribution >= 0.6 is 0 Å². The van der Waals surface area contributed by atoms with Crippen LogP contribution in [0.2, 0.25) is 0 Å². The number of rotatable bonds is 9. The standard InChI is InChI=1S/C15H32N2/c1-3-4-5-6-7-8-12-15(17-16)14-11-9-10-13(14)2/h13-15,17H,3-12,16H2,1-2H3. The molecular weight excluding hydrogens is 208 g/mol. The van der Waals surface area contributed by atoms with Crippen molar-refractivity contribution < 1.29 is 0 Å². The number of hydrogen-bond donors (Lipinski definition) is 2. The lowest BCUT2D eigenvalue weighted by atomic mass is 9.87. The van der Waals surface area contributed by atoms with Crippen LogP contribution in [0.25, 0.3) is 0 Å². The van der Waals surface area contributed by atoms with E-state index < -0.39 is 0 Å². The van der Waals surface area contributed by atoms with Crippen LogP contribution in [-0.2, 0) is 0 Å². The van der Waals surface area contributed by atoms with Crippen molar-refractivity contribution in [3.63, 3.8) is 0 Å². The number of nitrogens with one attached hydrogen (secondary N) is 1. The van der Waals surface area contributed by atoms with Crippen molar-refractivity contribution in [2.24, 2.45) is 17.7 Å². The normalized spacial score (nSPS) is 26.3. The molecule has 0 amide bonds. The van der Waals surface area contributed by atoms with E-state index in [1.165, 1.54) is 64.2 Å². The lowest BCUT2D eigenvalue weighted by Gasteiger charge is -2.26. The molecule has 1 aliphatic rings. The second-order valence-corrected chi connectivity index (χ2v) is 5.90. The summed E-state index contributed by atoms with van der Waals surface area (Å²) < 4.78 is 0. The van der Waals surface area contributed by atoms with Crippen molar-refractivity contribution in [3.05, 3.63) is 0 Å². The quantitative estimate of drug-likeness (QED) is 0.363. The second-order valence-electron chi connectivity index (χ2n) is 5.90. The maximum atomic E-state index is 5.73. The maximum absolute atomic E-state index is 5.73. The van der Waals surface area contributed by atoms with Gasteiger partial charge in [-0.25, -0.2) is 0 Å². The van der Waals surface area contributed by atoms with Gasteiger partial charge in [0.1, 0.15) is 0 Å². The minimum atomic E-state index is 0.568. The summed E-state index contributed by atoms with van der Waals surface area (Å²) in [5.41, 5.74) is 3.08. The molecule has 0 radical (unpaired) electrons. The smallest absolute Gasteiger partial charge is 0.0241 e. The van der Waals surface area contributed by atoms with Crippen molar-refractivity contribution in [1.82, 2.24) is 5.43 Å². The van der Waals surface area contributed by atoms with Gasteiger partial charge < -0.3 is 0 Å². The molecule has 1 rings (SSSR count). The number of unbranched alkanes of at least 4 members (excludes halogenated alkanes) is 5. The summed E-state index contributed by atoms with van der Waals surface area (Å²) in [4.78, 5) is 0. The van der Waals surface area contributed by atoms with Gasteiger partial charge in [-0.2, -0.15) is 0 Å². The molecule has 0 saturated heterocycles. The number of nitrogens with two attached hydrogens (primary N) is 1. The van der Waals surface area contributed by atoms with E-state index in [0.717, 1.165) is 11.8 Å². The van der Waals surface area contributed by atoms with Gasteiger partial charge in [-0.1, -0.05) is 65.2 Å². The fourth-order valence-electron chi connectivity index (χ4n) is 3.34. The first-order valence-electron chi connectivity index (χ1n) is 7.75. The summed E-state index contributed by atoms with van der Waals surface area (Å²) in [6, 6.07) is 0.568. The van der Waals surface area contributed by atoms with Gasteiger partial charge in [-0.15, -0.1) is 0 Å². The van der Waals surface area contributed by atoms with E-state index in [-0.39, 0.29) is 0 Å². The Labute approximate surface area is 108 Å². The minimum absolute atomic E-state index is 0.568. The average molecular weight is 240 g/mol. The number of hydrazine groups is 1. The molecule has 0 aromatic heterocycles. The van der Waals surface area contributed by atoms with Crippen LogP contribution < -0.4 is 11.3 Å². The van der Waals surface area contributed by atoms with Gasteiger partial charge in [-0.05, 0) is 24.7 Å². The average Bonchev–Trinajstić information content (AvgIpc) is 2.75. The van der Waals surface area contributed by atoms with Crippen molar-refractivity contribution in [1.29, 1.82) is 0 Å². The zero-order chi connectivity index (χ0) is 12.5. The zero-order valence-electron chi connectivity index (χ0n) is 11.9. The van der Waals surface area contributed by atoms with Crippen LogP contribution in [0, 0.1) is 11.8 Å². The first-order chi connectivity index (χ1) is 8.29. The molecule has 3 atom stereocenters. The van der Waals surface area contributed by atoms with Gasteiger partial charge in [0.2, 0.25) is 0 Å². The Hall–Kier alpha value is -0.0800. The molecule has 3 N–H and O–H groups in total. The van der Waals surface area contributed by atoms with Crippen molar-refractivity contribution in [2.45, 2.75) is 84.1 Å². The fraction of sp³-hybridized carbons (Fsp3) is 1.00. The highest BCUT2D eigenvalue weighted by Gasteiger charge is 2.29. The molecule has 0 spiro atoms. The Bertz CT molecular complexity index is 182. The Kier molecular flexibility index (Phi) is 7.87. The summed E-state index contributed by atoms with van der Waals surface area (Å²) >= 11 is 0. The Morgan fingerprint density at radius 3 is 2.41 bits per heavy atom. The van der Waals surface area contributed by atoms with Crippen molar-refractivity contribution in [3.8, 4) is 0 Å². The van der Waals surface area contributed by atoms with Gasteiger partial charge in [0.05, 0.1) is 0 Å². The molecule has 2 nitrogen and oxygen atoms in total. The van der Waals surface area contributed by atoms with E-state index in [2.05, 4.69) is 19.3 Å². The van der Waals surface area contributed by atoms with Gasteiger partial charge >= 0.3 is 0 Å². The van der Waals surface area contributed by atoms with Gasteiger partial charge in [0.25, 0.3) is 0 Å².